The van der Waals surface area contributed by atoms with Gasteiger partial charge in [0.15, 0.2) is 5.12 Å². The second-order valence-corrected chi connectivity index (χ2v) is 5.21. The molecule has 0 aromatic carbocycles. The van der Waals surface area contributed by atoms with Gasteiger partial charge in [-0.15, -0.1) is 5.10 Å². The third kappa shape index (κ3) is 2.61. The van der Waals surface area contributed by atoms with Crippen LogP contribution in [-0.4, -0.2) is 41.0 Å². The van der Waals surface area contributed by atoms with E-state index in [1.807, 2.05) is 0 Å². The maximum Gasteiger partial charge on any atom is 0.186 e. The first-order valence-corrected chi connectivity index (χ1v) is 6.27. The summed E-state index contributed by atoms with van der Waals surface area (Å²) in [6, 6.07) is 0. The molecule has 0 atom stereocenters. The molecule has 2 heterocycles. The Balaban J connectivity index is 2.05. The first kappa shape index (κ1) is 11.1. The smallest absolute Gasteiger partial charge is 0.186 e. The highest BCUT2D eigenvalue weighted by Gasteiger charge is 2.13. The molecular formula is C7H8N6OS2. The quantitative estimate of drug-likeness (QED) is 0.619. The number of hydrogen-bond acceptors (Lipinski definition) is 7. The van der Waals surface area contributed by atoms with E-state index in [9.17, 15) is 4.79 Å². The van der Waals surface area contributed by atoms with Gasteiger partial charge in [-0.25, -0.2) is 0 Å². The number of hydrogen-bond donors (Lipinski definition) is 2. The average Bonchev–Trinajstić information content (AvgIpc) is 2.84. The average molecular weight is 256 g/mol. The predicted molar refractivity (Wildman–Crippen MR) is 60.8 cm³/mol. The van der Waals surface area contributed by atoms with E-state index in [1.54, 1.807) is 6.20 Å². The second kappa shape index (κ2) is 5.12. The number of aromatic nitrogens is 6. The number of carbonyl (C=O) groups excluding carboxylic acids is 1. The molecule has 2 aromatic heterocycles. The van der Waals surface area contributed by atoms with Crippen LogP contribution in [0.25, 0.3) is 11.4 Å². The van der Waals surface area contributed by atoms with Gasteiger partial charge in [0, 0.05) is 6.92 Å². The van der Waals surface area contributed by atoms with Gasteiger partial charge in [-0.3, -0.25) is 4.79 Å². The van der Waals surface area contributed by atoms with Crippen molar-refractivity contribution >= 4 is 28.6 Å². The summed E-state index contributed by atoms with van der Waals surface area (Å²) in [5.41, 5.74) is 1.27. The van der Waals surface area contributed by atoms with Crippen molar-refractivity contribution in [3.05, 3.63) is 6.20 Å². The van der Waals surface area contributed by atoms with Gasteiger partial charge < -0.3 is 0 Å². The van der Waals surface area contributed by atoms with Gasteiger partial charge in [0.2, 0.25) is 0 Å². The minimum absolute atomic E-state index is 0.0824. The molecular weight excluding hydrogens is 248 g/mol. The van der Waals surface area contributed by atoms with Crippen molar-refractivity contribution in [2.75, 3.05) is 5.08 Å². The van der Waals surface area contributed by atoms with E-state index in [1.165, 1.54) is 30.4 Å². The van der Waals surface area contributed by atoms with E-state index in [2.05, 4.69) is 30.8 Å². The molecule has 0 amide bonds. The number of carbonyl (C=O) groups is 1. The monoisotopic (exact) mass is 256 g/mol. The zero-order chi connectivity index (χ0) is 11.4. The Morgan fingerprint density at radius 3 is 2.94 bits per heavy atom. The first-order chi connectivity index (χ1) is 7.77. The molecule has 0 spiro atoms. The molecule has 7 nitrogen and oxygen atoms in total. The third-order valence-electron chi connectivity index (χ3n) is 1.63. The molecule has 9 heteroatoms. The normalized spacial score (nSPS) is 10.6. The summed E-state index contributed by atoms with van der Waals surface area (Å²) in [5.74, 6) is 0. The maximum atomic E-state index is 10.8. The van der Waals surface area contributed by atoms with Crippen LogP contribution in [0.2, 0.25) is 0 Å². The van der Waals surface area contributed by atoms with Crippen molar-refractivity contribution in [3.8, 4) is 11.4 Å². The van der Waals surface area contributed by atoms with Crippen molar-refractivity contribution in [1.29, 1.82) is 0 Å². The summed E-state index contributed by atoms with van der Waals surface area (Å²) in [6.07, 6.45) is 1.57. The van der Waals surface area contributed by atoms with Gasteiger partial charge >= 0.3 is 0 Å². The number of H-pyrrole nitrogens is 2. The Kier molecular flexibility index (Phi) is 3.57. The molecule has 0 radical (unpaired) electrons. The number of nitrogens with zero attached hydrogens (tertiary/aromatic N) is 4. The number of nitrogens with one attached hydrogen (secondary N) is 2. The van der Waals surface area contributed by atoms with Gasteiger partial charge in [-0.2, -0.15) is 25.7 Å². The van der Waals surface area contributed by atoms with Crippen molar-refractivity contribution in [2.24, 2.45) is 0 Å². The van der Waals surface area contributed by atoms with Crippen LogP contribution in [-0.2, 0) is 4.79 Å². The number of thioether (sulfide) groups is 2. The summed E-state index contributed by atoms with van der Waals surface area (Å²) in [7, 11) is 0. The largest absolute Gasteiger partial charge is 0.288 e. The van der Waals surface area contributed by atoms with E-state index in [4.69, 9.17) is 0 Å². The molecule has 0 aliphatic heterocycles. The maximum absolute atomic E-state index is 10.8. The van der Waals surface area contributed by atoms with E-state index in [0.29, 0.717) is 21.5 Å². The summed E-state index contributed by atoms with van der Waals surface area (Å²) in [4.78, 5) is 10.8. The predicted octanol–water partition coefficient (Wildman–Crippen LogP) is 0.919. The number of aromatic amines is 2. The molecule has 0 aliphatic carbocycles. The Morgan fingerprint density at radius 2 is 2.25 bits per heavy atom. The summed E-state index contributed by atoms with van der Waals surface area (Å²) in [5, 5.41) is 22.0. The van der Waals surface area contributed by atoms with Crippen LogP contribution in [0.4, 0.5) is 0 Å². The lowest BCUT2D eigenvalue weighted by molar-refractivity contribution is -0.109. The fourth-order valence-electron chi connectivity index (χ4n) is 0.973. The zero-order valence-electron chi connectivity index (χ0n) is 8.30. The third-order valence-corrected chi connectivity index (χ3v) is 3.54. The van der Waals surface area contributed by atoms with Crippen molar-refractivity contribution in [3.63, 3.8) is 0 Å². The van der Waals surface area contributed by atoms with Gasteiger partial charge in [0.25, 0.3) is 0 Å². The summed E-state index contributed by atoms with van der Waals surface area (Å²) >= 11 is 2.67. The highest BCUT2D eigenvalue weighted by Crippen LogP contribution is 2.28. The summed E-state index contributed by atoms with van der Waals surface area (Å²) in [6.45, 7) is 1.53. The summed E-state index contributed by atoms with van der Waals surface area (Å²) < 4.78 is 0. The van der Waals surface area contributed by atoms with Crippen LogP contribution in [0.1, 0.15) is 6.92 Å². The molecule has 0 aliphatic rings. The molecule has 2 N–H and O–H groups in total. The molecule has 0 saturated heterocycles. The van der Waals surface area contributed by atoms with Crippen LogP contribution in [0.15, 0.2) is 11.2 Å². The van der Waals surface area contributed by atoms with Crippen LogP contribution in [0.5, 0.6) is 0 Å². The fourth-order valence-corrected chi connectivity index (χ4v) is 2.71. The number of rotatable bonds is 4. The molecule has 16 heavy (non-hydrogen) atoms. The van der Waals surface area contributed by atoms with Gasteiger partial charge in [0.1, 0.15) is 16.4 Å². The highest BCUT2D eigenvalue weighted by molar-refractivity contribution is 8.23. The minimum Gasteiger partial charge on any atom is -0.288 e. The van der Waals surface area contributed by atoms with Crippen molar-refractivity contribution < 1.29 is 4.79 Å². The Hall–Kier alpha value is -1.35. The fraction of sp³-hybridized carbons (Fsp3) is 0.286. The van der Waals surface area contributed by atoms with Crippen molar-refractivity contribution in [1.82, 2.24) is 30.8 Å². The van der Waals surface area contributed by atoms with E-state index >= 15 is 0 Å². The molecule has 2 rings (SSSR count). The van der Waals surface area contributed by atoms with Crippen LogP contribution in [0, 0.1) is 0 Å². The SMILES string of the molecule is CC(=O)SCSc1n[nH]nc1-c1cn[nH]n1. The zero-order valence-corrected chi connectivity index (χ0v) is 9.93. The Bertz CT molecular complexity index is 467. The van der Waals surface area contributed by atoms with Gasteiger partial charge in [0.05, 0.1) is 11.3 Å². The van der Waals surface area contributed by atoms with E-state index in [-0.39, 0.29) is 5.12 Å². The van der Waals surface area contributed by atoms with Crippen molar-refractivity contribution in [2.45, 2.75) is 11.9 Å². The van der Waals surface area contributed by atoms with Crippen LogP contribution >= 0.6 is 23.5 Å². The highest BCUT2D eigenvalue weighted by atomic mass is 32.2. The minimum atomic E-state index is 0.0824. The molecule has 84 valence electrons. The molecule has 0 saturated carbocycles. The van der Waals surface area contributed by atoms with Crippen LogP contribution in [0.3, 0.4) is 0 Å². The van der Waals surface area contributed by atoms with Crippen LogP contribution < -0.4 is 0 Å². The Morgan fingerprint density at radius 1 is 1.38 bits per heavy atom. The molecule has 0 fully saturated rings. The topological polar surface area (TPSA) is 100 Å². The lowest BCUT2D eigenvalue weighted by Crippen LogP contribution is -1.85. The van der Waals surface area contributed by atoms with E-state index < -0.39 is 0 Å². The van der Waals surface area contributed by atoms with E-state index in [0.717, 1.165) is 0 Å². The first-order valence-electron chi connectivity index (χ1n) is 4.30. The lowest BCUT2D eigenvalue weighted by Gasteiger charge is -1.95. The second-order valence-electron chi connectivity index (χ2n) is 2.73. The van der Waals surface area contributed by atoms with Gasteiger partial charge in [-0.05, 0) is 0 Å². The lowest BCUT2D eigenvalue weighted by atomic mass is 10.4. The molecule has 0 bridgehead atoms. The van der Waals surface area contributed by atoms with Gasteiger partial charge in [-0.1, -0.05) is 23.5 Å². The standard InChI is InChI=1S/C7H8N6OS2/c1-4(14)15-3-16-7-6(10-13-11-7)5-2-8-12-9-5/h2H,3H2,1H3,(H,8,9,12)(H,10,11,13). The molecule has 2 aromatic rings. The Labute approximate surface area is 99.2 Å². The molecule has 0 unspecified atom stereocenters.